The number of benzene rings is 2. The van der Waals surface area contributed by atoms with E-state index in [4.69, 9.17) is 18.6 Å². The second-order valence-electron chi connectivity index (χ2n) is 11.2. The third-order valence-electron chi connectivity index (χ3n) is 7.92. The van der Waals surface area contributed by atoms with Crippen LogP contribution in [0, 0.1) is 0 Å². The zero-order valence-electron chi connectivity index (χ0n) is 20.7. The predicted octanol–water partition coefficient (Wildman–Crippen LogP) is 3.28. The maximum Gasteiger partial charge on any atom is 0.494 e. The smallest absolute Gasteiger partial charge is 0.399 e. The largest absolute Gasteiger partial charge is 0.494 e. The van der Waals surface area contributed by atoms with E-state index in [9.17, 15) is 4.79 Å². The second-order valence-corrected chi connectivity index (χ2v) is 11.2. The Hall–Kier alpha value is -2.12. The van der Waals surface area contributed by atoms with Gasteiger partial charge in [-0.2, -0.15) is 0 Å². The van der Waals surface area contributed by atoms with Crippen molar-refractivity contribution in [3.05, 3.63) is 46.8 Å². The van der Waals surface area contributed by atoms with Crippen LogP contribution in [0.4, 0.5) is 0 Å². The predicted molar refractivity (Wildman–Crippen MR) is 134 cm³/mol. The van der Waals surface area contributed by atoms with Crippen LogP contribution in [0.5, 0.6) is 0 Å². The summed E-state index contributed by atoms with van der Waals surface area (Å²) in [7, 11) is -0.979. The van der Waals surface area contributed by atoms with E-state index in [0.29, 0.717) is 5.39 Å². The van der Waals surface area contributed by atoms with Crippen LogP contribution >= 0.6 is 0 Å². The topological polar surface area (TPSA) is 69.8 Å². The van der Waals surface area contributed by atoms with Gasteiger partial charge in [0.2, 0.25) is 0 Å². The molecule has 5 rings (SSSR count). The van der Waals surface area contributed by atoms with Crippen LogP contribution < -0.4 is 16.5 Å². The number of hydrogen-bond donors (Lipinski definition) is 1. The van der Waals surface area contributed by atoms with Crippen LogP contribution in [0.25, 0.3) is 21.7 Å². The molecule has 0 unspecified atom stereocenters. The molecule has 0 aliphatic carbocycles. The van der Waals surface area contributed by atoms with Crippen molar-refractivity contribution in [3.63, 3.8) is 0 Å². The van der Waals surface area contributed by atoms with E-state index in [-0.39, 0.29) is 5.56 Å². The van der Waals surface area contributed by atoms with E-state index in [0.717, 1.165) is 27.2 Å². The van der Waals surface area contributed by atoms with Gasteiger partial charge in [-0.1, -0.05) is 24.3 Å². The number of nitrogens with one attached hydrogen (secondary N) is 1. The average molecular weight is 447 g/mol. The quantitative estimate of drug-likeness (QED) is 0.483. The van der Waals surface area contributed by atoms with Crippen molar-refractivity contribution < 1.29 is 18.6 Å². The molecule has 2 aliphatic heterocycles. The standard InChI is InChI=1S/C25H31B2NO5/c1-22(2)23(3,4)31-26(30-22)15-9-11-17-18(13-15)19-14-16(10-12-20(19)28-21(17)29)27-32-24(5,6)25(7,8)33-27/h9-14H,1-8H3,(H,28,29). The van der Waals surface area contributed by atoms with Gasteiger partial charge in [-0.15, -0.1) is 0 Å². The van der Waals surface area contributed by atoms with Crippen molar-refractivity contribution in [3.8, 4) is 0 Å². The zero-order valence-corrected chi connectivity index (χ0v) is 20.7. The minimum absolute atomic E-state index is 0.124. The summed E-state index contributed by atoms with van der Waals surface area (Å²) in [5, 5.41) is 2.39. The molecule has 1 N–H and O–H groups in total. The lowest BCUT2D eigenvalue weighted by Gasteiger charge is -2.32. The molecular weight excluding hydrogens is 416 g/mol. The summed E-state index contributed by atoms with van der Waals surface area (Å²) in [6.07, 6.45) is 0. The molecule has 0 atom stereocenters. The first-order valence-corrected chi connectivity index (χ1v) is 11.5. The maximum atomic E-state index is 12.8. The molecule has 0 spiro atoms. The van der Waals surface area contributed by atoms with Gasteiger partial charge in [0.1, 0.15) is 0 Å². The number of fused-ring (bicyclic) bond motifs is 3. The van der Waals surface area contributed by atoms with Gasteiger partial charge in [0.25, 0.3) is 5.56 Å². The summed E-state index contributed by atoms with van der Waals surface area (Å²) < 4.78 is 25.0. The van der Waals surface area contributed by atoms with Crippen molar-refractivity contribution in [2.45, 2.75) is 77.8 Å². The van der Waals surface area contributed by atoms with Crippen LogP contribution in [0.2, 0.25) is 0 Å². The molecule has 1 aromatic heterocycles. The Balaban J connectivity index is 1.63. The first-order chi connectivity index (χ1) is 15.2. The molecule has 2 saturated heterocycles. The second kappa shape index (κ2) is 6.95. The molecule has 6 nitrogen and oxygen atoms in total. The summed E-state index contributed by atoms with van der Waals surface area (Å²) in [6.45, 7) is 16.3. The summed E-state index contributed by atoms with van der Waals surface area (Å²) in [6, 6.07) is 11.7. The number of hydrogen-bond acceptors (Lipinski definition) is 5. The molecule has 0 bridgehead atoms. The zero-order chi connectivity index (χ0) is 24.0. The fourth-order valence-electron chi connectivity index (χ4n) is 4.32. The van der Waals surface area contributed by atoms with Gasteiger partial charge in [-0.3, -0.25) is 4.79 Å². The Labute approximate surface area is 195 Å². The fourth-order valence-corrected chi connectivity index (χ4v) is 4.32. The number of aromatic nitrogens is 1. The first-order valence-electron chi connectivity index (χ1n) is 11.5. The lowest BCUT2D eigenvalue weighted by Crippen LogP contribution is -2.41. The molecule has 0 amide bonds. The molecule has 2 aliphatic rings. The van der Waals surface area contributed by atoms with Gasteiger partial charge in [0.15, 0.2) is 0 Å². The third kappa shape index (κ3) is 3.46. The minimum atomic E-state index is -0.500. The van der Waals surface area contributed by atoms with E-state index in [1.807, 2.05) is 91.8 Å². The van der Waals surface area contributed by atoms with E-state index in [2.05, 4.69) is 4.98 Å². The summed E-state index contributed by atoms with van der Waals surface area (Å²) in [4.78, 5) is 15.8. The number of pyridine rings is 1. The molecule has 3 heterocycles. The molecule has 3 aromatic rings. The molecule has 8 heteroatoms. The van der Waals surface area contributed by atoms with Gasteiger partial charge in [-0.25, -0.2) is 0 Å². The Morgan fingerprint density at radius 1 is 0.606 bits per heavy atom. The van der Waals surface area contributed by atoms with E-state index >= 15 is 0 Å². The minimum Gasteiger partial charge on any atom is -0.399 e. The van der Waals surface area contributed by atoms with E-state index in [1.165, 1.54) is 0 Å². The fraction of sp³-hybridized carbons (Fsp3) is 0.480. The molecule has 0 radical (unpaired) electrons. The monoisotopic (exact) mass is 447 g/mol. The van der Waals surface area contributed by atoms with Crippen LogP contribution in [-0.4, -0.2) is 41.6 Å². The highest BCUT2D eigenvalue weighted by Gasteiger charge is 2.52. The summed E-state index contributed by atoms with van der Waals surface area (Å²) in [5.41, 5.74) is 0.706. The van der Waals surface area contributed by atoms with Crippen molar-refractivity contribution in [1.82, 2.24) is 4.98 Å². The van der Waals surface area contributed by atoms with Crippen LogP contribution in [-0.2, 0) is 18.6 Å². The Morgan fingerprint density at radius 2 is 1.03 bits per heavy atom. The SMILES string of the molecule is CC1(C)OB(c2ccc3[nH]c(=O)c4ccc(B5OC(C)(C)C(C)(C)O5)cc4c3c2)OC1(C)C. The summed E-state index contributed by atoms with van der Waals surface area (Å²) >= 11 is 0. The van der Waals surface area contributed by atoms with Gasteiger partial charge in [0.05, 0.1) is 22.4 Å². The first kappa shape index (κ1) is 22.7. The van der Waals surface area contributed by atoms with Crippen LogP contribution in [0.3, 0.4) is 0 Å². The number of H-pyrrole nitrogens is 1. The van der Waals surface area contributed by atoms with E-state index < -0.39 is 36.6 Å². The van der Waals surface area contributed by atoms with Gasteiger partial charge in [-0.05, 0) is 83.8 Å². The number of rotatable bonds is 2. The van der Waals surface area contributed by atoms with Crippen molar-refractivity contribution in [1.29, 1.82) is 0 Å². The van der Waals surface area contributed by atoms with Crippen molar-refractivity contribution >= 4 is 46.8 Å². The Morgan fingerprint density at radius 3 is 1.52 bits per heavy atom. The number of aromatic amines is 1. The maximum absolute atomic E-state index is 12.8. The summed E-state index contributed by atoms with van der Waals surface area (Å²) in [5.74, 6) is 0. The Bertz CT molecular complexity index is 1300. The molecule has 2 aromatic carbocycles. The molecular formula is C25H31B2NO5. The lowest BCUT2D eigenvalue weighted by atomic mass is 9.76. The third-order valence-corrected chi connectivity index (χ3v) is 7.92. The van der Waals surface area contributed by atoms with Gasteiger partial charge < -0.3 is 23.6 Å². The molecule has 172 valence electrons. The van der Waals surface area contributed by atoms with Crippen molar-refractivity contribution in [2.24, 2.45) is 0 Å². The highest BCUT2D eigenvalue weighted by atomic mass is 16.7. The normalized spacial score (nSPS) is 23.0. The highest BCUT2D eigenvalue weighted by molar-refractivity contribution is 6.63. The average Bonchev–Trinajstić information content (AvgIpc) is 3.07. The van der Waals surface area contributed by atoms with Crippen molar-refractivity contribution in [2.75, 3.05) is 0 Å². The highest BCUT2D eigenvalue weighted by Crippen LogP contribution is 2.38. The Kier molecular flexibility index (Phi) is 4.77. The molecule has 2 fully saturated rings. The van der Waals surface area contributed by atoms with Gasteiger partial charge in [0, 0.05) is 16.3 Å². The van der Waals surface area contributed by atoms with Gasteiger partial charge >= 0.3 is 14.2 Å². The van der Waals surface area contributed by atoms with Crippen LogP contribution in [0.1, 0.15) is 55.4 Å². The molecule has 0 saturated carbocycles. The van der Waals surface area contributed by atoms with E-state index in [1.54, 1.807) is 0 Å². The molecule has 33 heavy (non-hydrogen) atoms. The van der Waals surface area contributed by atoms with Crippen LogP contribution in [0.15, 0.2) is 41.2 Å². The lowest BCUT2D eigenvalue weighted by molar-refractivity contribution is 0.00578.